The minimum atomic E-state index is -0.194. The van der Waals surface area contributed by atoms with Gasteiger partial charge >= 0.3 is 0 Å². The van der Waals surface area contributed by atoms with Gasteiger partial charge in [-0.3, -0.25) is 4.99 Å². The van der Waals surface area contributed by atoms with E-state index in [1.807, 2.05) is 12.1 Å². The van der Waals surface area contributed by atoms with Crippen molar-refractivity contribution < 1.29 is 4.39 Å². The van der Waals surface area contributed by atoms with E-state index in [2.05, 4.69) is 34.4 Å². The summed E-state index contributed by atoms with van der Waals surface area (Å²) in [5.41, 5.74) is 1.11. The van der Waals surface area contributed by atoms with E-state index in [-0.39, 0.29) is 29.8 Å². The molecule has 0 amide bonds. The maximum Gasteiger partial charge on any atom is 0.191 e. The van der Waals surface area contributed by atoms with Crippen molar-refractivity contribution in [2.24, 2.45) is 4.99 Å². The maximum atomic E-state index is 12.8. The number of hydrogen-bond acceptors (Lipinski definition) is 2. The standard InChI is InChI=1S/C16H27FN4.HI/c1-4-21(5-2)13-12-20-16(18-3)19-11-10-14-6-8-15(17)9-7-14;/h6-9H,4-5,10-13H2,1-3H3,(H2,18,19,20);1H. The summed E-state index contributed by atoms with van der Waals surface area (Å²) in [6, 6.07) is 6.61. The van der Waals surface area contributed by atoms with Crippen LogP contribution >= 0.6 is 24.0 Å². The van der Waals surface area contributed by atoms with Crippen LogP contribution in [0.4, 0.5) is 4.39 Å². The first-order valence-electron chi connectivity index (χ1n) is 7.60. The van der Waals surface area contributed by atoms with Gasteiger partial charge in [0.05, 0.1) is 0 Å². The fourth-order valence-electron chi connectivity index (χ4n) is 2.07. The van der Waals surface area contributed by atoms with Gasteiger partial charge in [0.15, 0.2) is 5.96 Å². The molecular formula is C16H28FIN4. The predicted octanol–water partition coefficient (Wildman–Crippen LogP) is 2.49. The largest absolute Gasteiger partial charge is 0.356 e. The molecule has 0 fully saturated rings. The molecule has 6 heteroatoms. The van der Waals surface area contributed by atoms with Gasteiger partial charge in [0, 0.05) is 26.7 Å². The first kappa shape index (κ1) is 21.1. The first-order valence-corrected chi connectivity index (χ1v) is 7.60. The van der Waals surface area contributed by atoms with Crippen molar-refractivity contribution in [1.82, 2.24) is 15.5 Å². The van der Waals surface area contributed by atoms with Crippen LogP contribution in [0, 0.1) is 5.82 Å². The highest BCUT2D eigenvalue weighted by Crippen LogP contribution is 2.02. The molecule has 2 N–H and O–H groups in total. The van der Waals surface area contributed by atoms with Crippen LogP contribution in [0.5, 0.6) is 0 Å². The number of guanidine groups is 1. The van der Waals surface area contributed by atoms with Crippen LogP contribution in [-0.2, 0) is 6.42 Å². The predicted molar refractivity (Wildman–Crippen MR) is 103 cm³/mol. The lowest BCUT2D eigenvalue weighted by molar-refractivity contribution is 0.308. The summed E-state index contributed by atoms with van der Waals surface area (Å²) < 4.78 is 12.8. The van der Waals surface area contributed by atoms with Gasteiger partial charge in [-0.15, -0.1) is 24.0 Å². The smallest absolute Gasteiger partial charge is 0.191 e. The topological polar surface area (TPSA) is 39.7 Å². The molecule has 1 aromatic carbocycles. The molecule has 22 heavy (non-hydrogen) atoms. The zero-order valence-corrected chi connectivity index (χ0v) is 16.1. The average Bonchev–Trinajstić information content (AvgIpc) is 2.51. The lowest BCUT2D eigenvalue weighted by atomic mass is 10.1. The van der Waals surface area contributed by atoms with Crippen LogP contribution in [0.2, 0.25) is 0 Å². The fraction of sp³-hybridized carbons (Fsp3) is 0.562. The van der Waals surface area contributed by atoms with E-state index in [9.17, 15) is 4.39 Å². The van der Waals surface area contributed by atoms with Crippen LogP contribution in [0.3, 0.4) is 0 Å². The van der Waals surface area contributed by atoms with Crippen LogP contribution in [0.25, 0.3) is 0 Å². The number of nitrogens with zero attached hydrogens (tertiary/aromatic N) is 2. The quantitative estimate of drug-likeness (QED) is 0.384. The summed E-state index contributed by atoms with van der Waals surface area (Å²) >= 11 is 0. The van der Waals surface area contributed by atoms with Crippen molar-refractivity contribution >= 4 is 29.9 Å². The Morgan fingerprint density at radius 1 is 1.09 bits per heavy atom. The Hall–Kier alpha value is -0.890. The van der Waals surface area contributed by atoms with Gasteiger partial charge in [-0.05, 0) is 37.2 Å². The normalized spacial score (nSPS) is 11.2. The molecule has 0 atom stereocenters. The van der Waals surface area contributed by atoms with Crippen molar-refractivity contribution in [1.29, 1.82) is 0 Å². The van der Waals surface area contributed by atoms with E-state index in [0.717, 1.165) is 50.7 Å². The Morgan fingerprint density at radius 3 is 2.23 bits per heavy atom. The molecule has 0 aliphatic carbocycles. The molecule has 4 nitrogen and oxygen atoms in total. The van der Waals surface area contributed by atoms with E-state index in [1.165, 1.54) is 12.1 Å². The van der Waals surface area contributed by atoms with E-state index < -0.39 is 0 Å². The summed E-state index contributed by atoms with van der Waals surface area (Å²) in [6.07, 6.45) is 0.844. The molecular weight excluding hydrogens is 394 g/mol. The van der Waals surface area contributed by atoms with Gasteiger partial charge in [-0.1, -0.05) is 26.0 Å². The summed E-state index contributed by atoms with van der Waals surface area (Å²) in [6.45, 7) is 9.11. The molecule has 0 saturated carbocycles. The lowest BCUT2D eigenvalue weighted by Gasteiger charge is -2.19. The first-order chi connectivity index (χ1) is 10.2. The molecule has 0 heterocycles. The summed E-state index contributed by atoms with van der Waals surface area (Å²) in [5, 5.41) is 6.57. The van der Waals surface area contributed by atoms with Crippen molar-refractivity contribution in [3.05, 3.63) is 35.6 Å². The number of benzene rings is 1. The SMILES string of the molecule is CCN(CC)CCNC(=NC)NCCc1ccc(F)cc1.I. The number of aliphatic imine (C=N–C) groups is 1. The highest BCUT2D eigenvalue weighted by atomic mass is 127. The van der Waals surface area contributed by atoms with Gasteiger partial charge < -0.3 is 15.5 Å². The number of rotatable bonds is 8. The lowest BCUT2D eigenvalue weighted by Crippen LogP contribution is -2.42. The molecule has 1 aromatic rings. The van der Waals surface area contributed by atoms with Crippen molar-refractivity contribution in [2.75, 3.05) is 39.8 Å². The third-order valence-corrected chi connectivity index (χ3v) is 3.46. The molecule has 0 unspecified atom stereocenters. The second kappa shape index (κ2) is 12.6. The number of halogens is 2. The average molecular weight is 422 g/mol. The van der Waals surface area contributed by atoms with Gasteiger partial charge in [-0.25, -0.2) is 4.39 Å². The van der Waals surface area contributed by atoms with E-state index >= 15 is 0 Å². The zero-order valence-electron chi connectivity index (χ0n) is 13.7. The zero-order chi connectivity index (χ0) is 15.5. The van der Waals surface area contributed by atoms with Crippen LogP contribution in [0.15, 0.2) is 29.3 Å². The molecule has 0 radical (unpaired) electrons. The number of hydrogen-bond donors (Lipinski definition) is 2. The Bertz CT molecular complexity index is 419. The molecule has 1 rings (SSSR count). The van der Waals surface area contributed by atoms with Gasteiger partial charge in [-0.2, -0.15) is 0 Å². The molecule has 0 aliphatic rings. The molecule has 0 aliphatic heterocycles. The molecule has 0 saturated heterocycles. The maximum absolute atomic E-state index is 12.8. The molecule has 126 valence electrons. The van der Waals surface area contributed by atoms with Gasteiger partial charge in [0.1, 0.15) is 5.82 Å². The van der Waals surface area contributed by atoms with Crippen molar-refractivity contribution in [3.63, 3.8) is 0 Å². The fourth-order valence-corrected chi connectivity index (χ4v) is 2.07. The van der Waals surface area contributed by atoms with Crippen LogP contribution < -0.4 is 10.6 Å². The second-order valence-electron chi connectivity index (χ2n) is 4.83. The number of likely N-dealkylation sites (N-methyl/N-ethyl adjacent to an activating group) is 1. The third kappa shape index (κ3) is 8.53. The van der Waals surface area contributed by atoms with Crippen LogP contribution in [0.1, 0.15) is 19.4 Å². The Balaban J connectivity index is 0.00000441. The minimum absolute atomic E-state index is 0. The Morgan fingerprint density at radius 2 is 1.68 bits per heavy atom. The summed E-state index contributed by atoms with van der Waals surface area (Å²) in [5.74, 6) is 0.616. The minimum Gasteiger partial charge on any atom is -0.356 e. The second-order valence-corrected chi connectivity index (χ2v) is 4.83. The summed E-state index contributed by atoms with van der Waals surface area (Å²) in [7, 11) is 1.77. The van der Waals surface area contributed by atoms with Crippen molar-refractivity contribution in [2.45, 2.75) is 20.3 Å². The van der Waals surface area contributed by atoms with Gasteiger partial charge in [0.25, 0.3) is 0 Å². The highest BCUT2D eigenvalue weighted by Gasteiger charge is 2.01. The van der Waals surface area contributed by atoms with E-state index in [1.54, 1.807) is 7.05 Å². The van der Waals surface area contributed by atoms with E-state index in [4.69, 9.17) is 0 Å². The van der Waals surface area contributed by atoms with Crippen molar-refractivity contribution in [3.8, 4) is 0 Å². The number of nitrogens with one attached hydrogen (secondary N) is 2. The molecule has 0 bridgehead atoms. The Labute approximate surface area is 150 Å². The Kier molecular flexibility index (Phi) is 12.1. The van der Waals surface area contributed by atoms with Gasteiger partial charge in [0.2, 0.25) is 0 Å². The summed E-state index contributed by atoms with van der Waals surface area (Å²) in [4.78, 5) is 6.56. The third-order valence-electron chi connectivity index (χ3n) is 3.46. The monoisotopic (exact) mass is 422 g/mol. The van der Waals surface area contributed by atoms with Crippen LogP contribution in [-0.4, -0.2) is 50.6 Å². The molecule has 0 spiro atoms. The van der Waals surface area contributed by atoms with E-state index in [0.29, 0.717) is 0 Å². The molecule has 0 aromatic heterocycles. The highest BCUT2D eigenvalue weighted by molar-refractivity contribution is 14.0.